The SMILES string of the molecule is C=C(C(=O)OCC)C(N)CC. The highest BCUT2D eigenvalue weighted by Crippen LogP contribution is 2.02. The van der Waals surface area contributed by atoms with Gasteiger partial charge in [0, 0.05) is 11.6 Å². The Kier molecular flexibility index (Phi) is 4.54. The molecule has 0 saturated carbocycles. The maximum Gasteiger partial charge on any atom is 0.334 e. The first-order valence-corrected chi connectivity index (χ1v) is 3.74. The van der Waals surface area contributed by atoms with Gasteiger partial charge < -0.3 is 10.5 Å². The zero-order valence-electron chi connectivity index (χ0n) is 7.09. The van der Waals surface area contributed by atoms with E-state index in [9.17, 15) is 4.79 Å². The minimum atomic E-state index is -0.387. The molecule has 0 spiro atoms. The van der Waals surface area contributed by atoms with Gasteiger partial charge in [-0.1, -0.05) is 13.5 Å². The maximum atomic E-state index is 10.9. The number of hydrogen-bond donors (Lipinski definition) is 1. The summed E-state index contributed by atoms with van der Waals surface area (Å²) in [7, 11) is 0. The van der Waals surface area contributed by atoms with Crippen molar-refractivity contribution in [2.75, 3.05) is 6.61 Å². The Hall–Kier alpha value is -0.830. The zero-order chi connectivity index (χ0) is 8.85. The topological polar surface area (TPSA) is 52.3 Å². The Labute approximate surface area is 67.2 Å². The number of carbonyl (C=O) groups is 1. The van der Waals surface area contributed by atoms with Gasteiger partial charge in [0.2, 0.25) is 0 Å². The highest BCUT2D eigenvalue weighted by Gasteiger charge is 2.13. The van der Waals surface area contributed by atoms with Crippen LogP contribution in [0, 0.1) is 0 Å². The molecule has 0 radical (unpaired) electrons. The normalized spacial score (nSPS) is 12.3. The lowest BCUT2D eigenvalue weighted by Crippen LogP contribution is -2.26. The van der Waals surface area contributed by atoms with Gasteiger partial charge in [-0.3, -0.25) is 0 Å². The van der Waals surface area contributed by atoms with Crippen molar-refractivity contribution in [3.8, 4) is 0 Å². The summed E-state index contributed by atoms with van der Waals surface area (Å²) in [6.45, 7) is 7.56. The standard InChI is InChI=1S/C8H15NO2/c1-4-7(9)6(3)8(10)11-5-2/h7H,3-5,9H2,1-2H3. The molecule has 0 aliphatic carbocycles. The Bertz CT molecular complexity index is 154. The molecule has 0 amide bonds. The van der Waals surface area contributed by atoms with Gasteiger partial charge in [0.25, 0.3) is 0 Å². The third-order valence-corrected chi connectivity index (χ3v) is 1.43. The first-order chi connectivity index (χ1) is 5.13. The summed E-state index contributed by atoms with van der Waals surface area (Å²) in [5, 5.41) is 0. The Morgan fingerprint density at radius 2 is 2.18 bits per heavy atom. The van der Waals surface area contributed by atoms with E-state index in [0.29, 0.717) is 18.6 Å². The maximum absolute atomic E-state index is 10.9. The van der Waals surface area contributed by atoms with Crippen LogP contribution in [0.5, 0.6) is 0 Å². The van der Waals surface area contributed by atoms with Gasteiger partial charge >= 0.3 is 5.97 Å². The second-order valence-electron chi connectivity index (χ2n) is 2.26. The fourth-order valence-electron chi connectivity index (χ4n) is 0.622. The molecule has 3 heteroatoms. The first kappa shape index (κ1) is 10.2. The van der Waals surface area contributed by atoms with Gasteiger partial charge in [0.05, 0.1) is 6.61 Å². The van der Waals surface area contributed by atoms with Crippen molar-refractivity contribution in [3.05, 3.63) is 12.2 Å². The van der Waals surface area contributed by atoms with E-state index in [1.54, 1.807) is 6.92 Å². The molecule has 0 aromatic carbocycles. The molecule has 1 unspecified atom stereocenters. The lowest BCUT2D eigenvalue weighted by molar-refractivity contribution is -0.138. The van der Waals surface area contributed by atoms with Crippen LogP contribution in [-0.2, 0) is 9.53 Å². The fourth-order valence-corrected chi connectivity index (χ4v) is 0.622. The first-order valence-electron chi connectivity index (χ1n) is 3.74. The van der Waals surface area contributed by atoms with Crippen molar-refractivity contribution in [2.45, 2.75) is 26.3 Å². The average molecular weight is 157 g/mol. The van der Waals surface area contributed by atoms with Crippen molar-refractivity contribution in [2.24, 2.45) is 5.73 Å². The summed E-state index contributed by atoms with van der Waals surface area (Å²) < 4.78 is 4.71. The number of carbonyl (C=O) groups excluding carboxylic acids is 1. The van der Waals surface area contributed by atoms with Crippen molar-refractivity contribution in [3.63, 3.8) is 0 Å². The summed E-state index contributed by atoms with van der Waals surface area (Å²) in [4.78, 5) is 10.9. The molecule has 0 fully saturated rings. The van der Waals surface area contributed by atoms with Crippen molar-refractivity contribution in [1.29, 1.82) is 0 Å². The van der Waals surface area contributed by atoms with Crippen LogP contribution < -0.4 is 5.73 Å². The molecule has 3 nitrogen and oxygen atoms in total. The van der Waals surface area contributed by atoms with Crippen molar-refractivity contribution < 1.29 is 9.53 Å². The molecule has 0 aromatic rings. The Morgan fingerprint density at radius 1 is 1.64 bits per heavy atom. The summed E-state index contributed by atoms with van der Waals surface area (Å²) >= 11 is 0. The molecule has 0 saturated heterocycles. The molecule has 0 rings (SSSR count). The molecule has 0 aliphatic rings. The number of esters is 1. The summed E-state index contributed by atoms with van der Waals surface area (Å²) in [5.41, 5.74) is 5.90. The van der Waals surface area contributed by atoms with Crippen LogP contribution in [0.25, 0.3) is 0 Å². The molecule has 1 atom stereocenters. The molecule has 64 valence electrons. The summed E-state index contributed by atoms with van der Waals surface area (Å²) in [6.07, 6.45) is 0.706. The molecule has 0 aromatic heterocycles. The van der Waals surface area contributed by atoms with E-state index in [0.717, 1.165) is 0 Å². The van der Waals surface area contributed by atoms with E-state index in [1.807, 2.05) is 6.92 Å². The van der Waals surface area contributed by atoms with Crippen molar-refractivity contribution >= 4 is 5.97 Å². The minimum absolute atomic E-state index is 0.269. The highest BCUT2D eigenvalue weighted by molar-refractivity contribution is 5.88. The van der Waals surface area contributed by atoms with Gasteiger partial charge in [-0.05, 0) is 13.3 Å². The largest absolute Gasteiger partial charge is 0.463 e. The minimum Gasteiger partial charge on any atom is -0.463 e. The van der Waals surface area contributed by atoms with E-state index >= 15 is 0 Å². The van der Waals surface area contributed by atoms with E-state index < -0.39 is 0 Å². The number of ether oxygens (including phenoxy) is 1. The third kappa shape index (κ3) is 3.18. The lowest BCUT2D eigenvalue weighted by Gasteiger charge is -2.10. The van der Waals surface area contributed by atoms with Crippen LogP contribution in [0.2, 0.25) is 0 Å². The smallest absolute Gasteiger partial charge is 0.334 e. The molecule has 11 heavy (non-hydrogen) atoms. The third-order valence-electron chi connectivity index (χ3n) is 1.43. The van der Waals surface area contributed by atoms with Gasteiger partial charge in [-0.2, -0.15) is 0 Å². The fraction of sp³-hybridized carbons (Fsp3) is 0.625. The monoisotopic (exact) mass is 157 g/mol. The van der Waals surface area contributed by atoms with E-state index in [2.05, 4.69) is 6.58 Å². The number of nitrogens with two attached hydrogens (primary N) is 1. The molecule has 0 aliphatic heterocycles. The van der Waals surface area contributed by atoms with Crippen LogP contribution >= 0.6 is 0 Å². The quantitative estimate of drug-likeness (QED) is 0.486. The van der Waals surface area contributed by atoms with E-state index in [1.165, 1.54) is 0 Å². The second-order valence-corrected chi connectivity index (χ2v) is 2.26. The second kappa shape index (κ2) is 4.91. The lowest BCUT2D eigenvalue weighted by atomic mass is 10.1. The predicted molar refractivity (Wildman–Crippen MR) is 44.0 cm³/mol. The molecular formula is C8H15NO2. The van der Waals surface area contributed by atoms with Crippen LogP contribution in [0.3, 0.4) is 0 Å². The van der Waals surface area contributed by atoms with Gasteiger partial charge in [0.15, 0.2) is 0 Å². The average Bonchev–Trinajstić information content (AvgIpc) is 2.02. The number of rotatable bonds is 4. The summed E-state index contributed by atoms with van der Waals surface area (Å²) in [6, 6.07) is -0.269. The predicted octanol–water partition coefficient (Wildman–Crippen LogP) is 0.843. The van der Waals surface area contributed by atoms with Crippen LogP contribution in [0.1, 0.15) is 20.3 Å². The van der Waals surface area contributed by atoms with Crippen molar-refractivity contribution in [1.82, 2.24) is 0 Å². The van der Waals surface area contributed by atoms with E-state index in [4.69, 9.17) is 10.5 Å². The van der Waals surface area contributed by atoms with Gasteiger partial charge in [0.1, 0.15) is 0 Å². The number of hydrogen-bond acceptors (Lipinski definition) is 3. The van der Waals surface area contributed by atoms with Crippen LogP contribution in [-0.4, -0.2) is 18.6 Å². The van der Waals surface area contributed by atoms with Crippen LogP contribution in [0.4, 0.5) is 0 Å². The Morgan fingerprint density at radius 3 is 2.55 bits per heavy atom. The molecule has 0 bridgehead atoms. The molecular weight excluding hydrogens is 142 g/mol. The summed E-state index contributed by atoms with van der Waals surface area (Å²) in [5.74, 6) is -0.387. The van der Waals surface area contributed by atoms with Crippen LogP contribution in [0.15, 0.2) is 12.2 Å². The highest BCUT2D eigenvalue weighted by atomic mass is 16.5. The molecule has 0 heterocycles. The Balaban J connectivity index is 3.92. The van der Waals surface area contributed by atoms with E-state index in [-0.39, 0.29) is 12.0 Å². The van der Waals surface area contributed by atoms with Gasteiger partial charge in [-0.25, -0.2) is 4.79 Å². The zero-order valence-corrected chi connectivity index (χ0v) is 7.09. The van der Waals surface area contributed by atoms with Gasteiger partial charge in [-0.15, -0.1) is 0 Å². The molecule has 2 N–H and O–H groups in total.